The zero-order valence-corrected chi connectivity index (χ0v) is 12.2. The number of hydrogen-bond acceptors (Lipinski definition) is 2. The van der Waals surface area contributed by atoms with E-state index >= 15 is 0 Å². The minimum absolute atomic E-state index is 0.281. The summed E-state index contributed by atoms with van der Waals surface area (Å²) < 4.78 is 52.3. The van der Waals surface area contributed by atoms with Crippen LogP contribution in [-0.2, 0) is 6.18 Å². The quantitative estimate of drug-likeness (QED) is 0.850. The molecule has 1 aromatic rings. The highest BCUT2D eigenvalue weighted by atomic mass is 19.4. The SMILES string of the molecule is CC(C)(O)C1CCCN1C(=O)c1cccc(C(F)(F)F)c1F. The van der Waals surface area contributed by atoms with Crippen LogP contribution in [-0.4, -0.2) is 34.1 Å². The van der Waals surface area contributed by atoms with Gasteiger partial charge in [-0.25, -0.2) is 4.39 Å². The van der Waals surface area contributed by atoms with Crippen molar-refractivity contribution in [2.75, 3.05) is 6.54 Å². The first-order valence-corrected chi connectivity index (χ1v) is 6.92. The van der Waals surface area contributed by atoms with Crippen LogP contribution in [0.4, 0.5) is 17.6 Å². The summed E-state index contributed by atoms with van der Waals surface area (Å²) in [5, 5.41) is 10.1. The Kier molecular flexibility index (Phi) is 4.21. The first-order chi connectivity index (χ1) is 10.0. The third kappa shape index (κ3) is 3.09. The highest BCUT2D eigenvalue weighted by Crippen LogP contribution is 2.34. The van der Waals surface area contributed by atoms with Gasteiger partial charge in [0.2, 0.25) is 0 Å². The Morgan fingerprint density at radius 3 is 2.50 bits per heavy atom. The standard InChI is InChI=1S/C15H17F4NO2/c1-14(2,22)11-7-4-8-20(11)13(21)9-5-3-6-10(12(9)16)15(17,18)19/h3,5-6,11,22H,4,7-8H2,1-2H3. The van der Waals surface area contributed by atoms with Gasteiger partial charge in [-0.2, -0.15) is 13.2 Å². The van der Waals surface area contributed by atoms with Gasteiger partial charge in [-0.05, 0) is 38.8 Å². The summed E-state index contributed by atoms with van der Waals surface area (Å²) in [7, 11) is 0. The first-order valence-electron chi connectivity index (χ1n) is 6.92. The average Bonchev–Trinajstić information content (AvgIpc) is 2.85. The Hall–Kier alpha value is -1.63. The number of carbonyl (C=O) groups excluding carboxylic acids is 1. The molecule has 1 aliphatic heterocycles. The van der Waals surface area contributed by atoms with E-state index in [4.69, 9.17) is 0 Å². The monoisotopic (exact) mass is 319 g/mol. The second-order valence-corrected chi connectivity index (χ2v) is 5.98. The lowest BCUT2D eigenvalue weighted by molar-refractivity contribution is -0.140. The fourth-order valence-electron chi connectivity index (χ4n) is 2.82. The number of nitrogens with zero attached hydrogens (tertiary/aromatic N) is 1. The van der Waals surface area contributed by atoms with Crippen molar-refractivity contribution in [1.82, 2.24) is 4.90 Å². The normalized spacial score (nSPS) is 19.6. The molecule has 0 aromatic heterocycles. The second kappa shape index (κ2) is 5.53. The number of aliphatic hydroxyl groups is 1. The van der Waals surface area contributed by atoms with Crippen LogP contribution < -0.4 is 0 Å². The summed E-state index contributed by atoms with van der Waals surface area (Å²) in [6.07, 6.45) is -3.72. The van der Waals surface area contributed by atoms with Gasteiger partial charge in [-0.3, -0.25) is 4.79 Å². The Labute approximate surface area is 125 Å². The maximum absolute atomic E-state index is 14.1. The largest absolute Gasteiger partial charge is 0.419 e. The summed E-state index contributed by atoms with van der Waals surface area (Å²) in [5.74, 6) is -2.39. The molecule has 1 aromatic carbocycles. The van der Waals surface area contributed by atoms with Crippen LogP contribution in [0.25, 0.3) is 0 Å². The fourth-order valence-corrected chi connectivity index (χ4v) is 2.82. The molecule has 122 valence electrons. The van der Waals surface area contributed by atoms with Crippen molar-refractivity contribution in [2.45, 2.75) is 44.5 Å². The third-order valence-corrected chi connectivity index (χ3v) is 3.86. The van der Waals surface area contributed by atoms with Gasteiger partial charge in [0.15, 0.2) is 0 Å². The second-order valence-electron chi connectivity index (χ2n) is 5.98. The molecule has 2 rings (SSSR count). The lowest BCUT2D eigenvalue weighted by atomic mass is 9.96. The van der Waals surface area contributed by atoms with Crippen LogP contribution in [0.5, 0.6) is 0 Å². The smallest absolute Gasteiger partial charge is 0.388 e. The summed E-state index contributed by atoms with van der Waals surface area (Å²) in [6.45, 7) is 3.32. The lowest BCUT2D eigenvalue weighted by Crippen LogP contribution is -2.48. The summed E-state index contributed by atoms with van der Waals surface area (Å²) in [6, 6.07) is 2.10. The molecule has 1 heterocycles. The van der Waals surface area contributed by atoms with E-state index in [1.807, 2.05) is 0 Å². The van der Waals surface area contributed by atoms with E-state index in [1.54, 1.807) is 0 Å². The maximum Gasteiger partial charge on any atom is 0.419 e. The zero-order valence-electron chi connectivity index (χ0n) is 12.2. The molecule has 0 bridgehead atoms. The van der Waals surface area contributed by atoms with Crippen LogP contribution in [0, 0.1) is 5.82 Å². The lowest BCUT2D eigenvalue weighted by Gasteiger charge is -2.34. The minimum Gasteiger partial charge on any atom is -0.388 e. The third-order valence-electron chi connectivity index (χ3n) is 3.86. The van der Waals surface area contributed by atoms with Crippen molar-refractivity contribution < 1.29 is 27.5 Å². The number of hydrogen-bond donors (Lipinski definition) is 1. The van der Waals surface area contributed by atoms with Gasteiger partial charge < -0.3 is 10.0 Å². The van der Waals surface area contributed by atoms with E-state index in [0.717, 1.165) is 12.1 Å². The summed E-state index contributed by atoms with van der Waals surface area (Å²) >= 11 is 0. The zero-order chi connectivity index (χ0) is 16.7. The van der Waals surface area contributed by atoms with E-state index in [9.17, 15) is 27.5 Å². The van der Waals surface area contributed by atoms with Crippen LogP contribution >= 0.6 is 0 Å². The predicted molar refractivity (Wildman–Crippen MR) is 71.8 cm³/mol. The molecule has 1 amide bonds. The van der Waals surface area contributed by atoms with E-state index in [0.29, 0.717) is 18.9 Å². The van der Waals surface area contributed by atoms with E-state index in [2.05, 4.69) is 0 Å². The Morgan fingerprint density at radius 2 is 1.95 bits per heavy atom. The molecule has 0 spiro atoms. The average molecular weight is 319 g/mol. The molecule has 0 saturated carbocycles. The van der Waals surface area contributed by atoms with Crippen LogP contribution in [0.1, 0.15) is 42.6 Å². The van der Waals surface area contributed by atoms with Crippen LogP contribution in [0.3, 0.4) is 0 Å². The Bertz CT molecular complexity index is 578. The molecule has 1 saturated heterocycles. The van der Waals surface area contributed by atoms with Crippen molar-refractivity contribution in [3.05, 3.63) is 35.1 Å². The summed E-state index contributed by atoms with van der Waals surface area (Å²) in [5.41, 5.74) is -3.28. The molecular formula is C15H17F4NO2. The van der Waals surface area contributed by atoms with Gasteiger partial charge in [0.1, 0.15) is 5.82 Å². The highest BCUT2D eigenvalue weighted by Gasteiger charge is 2.41. The van der Waals surface area contributed by atoms with E-state index in [-0.39, 0.29) is 6.54 Å². The first kappa shape index (κ1) is 16.7. The van der Waals surface area contributed by atoms with Crippen LogP contribution in [0.2, 0.25) is 0 Å². The summed E-state index contributed by atoms with van der Waals surface area (Å²) in [4.78, 5) is 13.7. The van der Waals surface area contributed by atoms with E-state index in [1.165, 1.54) is 18.7 Å². The molecular weight excluding hydrogens is 302 g/mol. The molecule has 22 heavy (non-hydrogen) atoms. The Morgan fingerprint density at radius 1 is 1.32 bits per heavy atom. The predicted octanol–water partition coefficient (Wildman–Crippen LogP) is 3.22. The van der Waals surface area contributed by atoms with Gasteiger partial charge in [0, 0.05) is 6.54 Å². The molecule has 3 nitrogen and oxygen atoms in total. The number of likely N-dealkylation sites (tertiary alicyclic amines) is 1. The molecule has 1 unspecified atom stereocenters. The van der Waals surface area contributed by atoms with Gasteiger partial charge in [-0.15, -0.1) is 0 Å². The fraction of sp³-hybridized carbons (Fsp3) is 0.533. The minimum atomic E-state index is -4.86. The van der Waals surface area contributed by atoms with Gasteiger partial charge in [-0.1, -0.05) is 6.07 Å². The number of benzene rings is 1. The molecule has 1 aliphatic rings. The number of carbonyl (C=O) groups is 1. The molecule has 7 heteroatoms. The number of halogens is 4. The number of alkyl halides is 3. The maximum atomic E-state index is 14.1. The van der Waals surface area contributed by atoms with Crippen molar-refractivity contribution in [3.63, 3.8) is 0 Å². The molecule has 0 aliphatic carbocycles. The molecule has 0 radical (unpaired) electrons. The van der Waals surface area contributed by atoms with Gasteiger partial charge in [0.05, 0.1) is 22.8 Å². The van der Waals surface area contributed by atoms with Crippen molar-refractivity contribution >= 4 is 5.91 Å². The number of rotatable bonds is 2. The molecule has 1 fully saturated rings. The highest BCUT2D eigenvalue weighted by molar-refractivity contribution is 5.95. The van der Waals surface area contributed by atoms with Crippen molar-refractivity contribution in [1.29, 1.82) is 0 Å². The van der Waals surface area contributed by atoms with E-state index < -0.39 is 40.7 Å². The topological polar surface area (TPSA) is 40.5 Å². The van der Waals surface area contributed by atoms with Crippen molar-refractivity contribution in [3.8, 4) is 0 Å². The molecule has 1 N–H and O–H groups in total. The number of amides is 1. The van der Waals surface area contributed by atoms with Gasteiger partial charge >= 0.3 is 6.18 Å². The van der Waals surface area contributed by atoms with Crippen molar-refractivity contribution in [2.24, 2.45) is 0 Å². The molecule has 1 atom stereocenters. The Balaban J connectivity index is 2.38. The van der Waals surface area contributed by atoms with Gasteiger partial charge in [0.25, 0.3) is 5.91 Å². The van der Waals surface area contributed by atoms with Crippen LogP contribution in [0.15, 0.2) is 18.2 Å².